The topological polar surface area (TPSA) is 127 Å². The number of pyridine rings is 1. The molecule has 0 bridgehead atoms. The molecule has 4 N–H and O–H groups in total. The normalized spacial score (nSPS) is 18.2. The number of H-pyrrole nitrogens is 1. The van der Waals surface area contributed by atoms with E-state index in [-0.39, 0.29) is 30.7 Å². The molecule has 1 fully saturated rings. The summed E-state index contributed by atoms with van der Waals surface area (Å²) in [4.78, 5) is 41.1. The number of carbonyl (C=O) groups excluding carboxylic acids is 2. The van der Waals surface area contributed by atoms with Gasteiger partial charge in [-0.05, 0) is 49.2 Å². The Balaban J connectivity index is 1.36. The fourth-order valence-corrected chi connectivity index (χ4v) is 3.79. The van der Waals surface area contributed by atoms with E-state index in [2.05, 4.69) is 15.2 Å². The SMILES string of the molecule is NC(=O)[C@H]1CCCN(Cc2ccc(C(=O)NCc3ccc4c(c3)OCO4)c(=O)[nH]2)C1. The van der Waals surface area contributed by atoms with Gasteiger partial charge >= 0.3 is 0 Å². The highest BCUT2D eigenvalue weighted by Gasteiger charge is 2.24. The van der Waals surface area contributed by atoms with Crippen LogP contribution in [0.25, 0.3) is 0 Å². The quantitative estimate of drug-likeness (QED) is 0.642. The molecule has 9 nitrogen and oxygen atoms in total. The molecule has 30 heavy (non-hydrogen) atoms. The van der Waals surface area contributed by atoms with E-state index < -0.39 is 11.5 Å². The van der Waals surface area contributed by atoms with E-state index in [9.17, 15) is 14.4 Å². The number of ether oxygens (including phenoxy) is 2. The zero-order valence-corrected chi connectivity index (χ0v) is 16.5. The van der Waals surface area contributed by atoms with Crippen molar-refractivity contribution in [3.05, 3.63) is 57.5 Å². The molecule has 0 spiro atoms. The Morgan fingerprint density at radius 2 is 2.03 bits per heavy atom. The summed E-state index contributed by atoms with van der Waals surface area (Å²) in [7, 11) is 0. The Morgan fingerprint density at radius 1 is 1.20 bits per heavy atom. The number of carbonyl (C=O) groups is 2. The van der Waals surface area contributed by atoms with E-state index in [0.717, 1.165) is 24.9 Å². The van der Waals surface area contributed by atoms with Crippen LogP contribution in [-0.2, 0) is 17.9 Å². The van der Waals surface area contributed by atoms with Crippen LogP contribution in [0, 0.1) is 5.92 Å². The lowest BCUT2D eigenvalue weighted by atomic mass is 9.97. The molecule has 0 unspecified atom stereocenters. The Bertz CT molecular complexity index is 1020. The third-order valence-electron chi connectivity index (χ3n) is 5.41. The molecule has 1 aromatic carbocycles. The molecular formula is C21H24N4O5. The molecule has 158 valence electrons. The third kappa shape index (κ3) is 4.46. The van der Waals surface area contributed by atoms with Gasteiger partial charge in [0.2, 0.25) is 12.7 Å². The fraction of sp³-hybridized carbons (Fsp3) is 0.381. The molecule has 1 aromatic heterocycles. The Morgan fingerprint density at radius 3 is 2.83 bits per heavy atom. The molecule has 0 radical (unpaired) electrons. The second-order valence-electron chi connectivity index (χ2n) is 7.57. The zero-order chi connectivity index (χ0) is 21.1. The molecule has 2 aliphatic heterocycles. The molecule has 2 aliphatic rings. The number of aromatic nitrogens is 1. The predicted octanol–water partition coefficient (Wildman–Crippen LogP) is 0.731. The number of hydrogen-bond acceptors (Lipinski definition) is 6. The average molecular weight is 412 g/mol. The van der Waals surface area contributed by atoms with E-state index >= 15 is 0 Å². The fourth-order valence-electron chi connectivity index (χ4n) is 3.79. The lowest BCUT2D eigenvalue weighted by Crippen LogP contribution is -2.41. The van der Waals surface area contributed by atoms with Crippen molar-refractivity contribution >= 4 is 11.8 Å². The van der Waals surface area contributed by atoms with E-state index in [1.165, 1.54) is 6.07 Å². The number of piperidine rings is 1. The Hall–Kier alpha value is -3.33. The number of hydrogen-bond donors (Lipinski definition) is 3. The van der Waals surface area contributed by atoms with Crippen LogP contribution in [-0.4, -0.2) is 41.6 Å². The van der Waals surface area contributed by atoms with Crippen LogP contribution >= 0.6 is 0 Å². The molecule has 1 atom stereocenters. The summed E-state index contributed by atoms with van der Waals surface area (Å²) >= 11 is 0. The number of fused-ring (bicyclic) bond motifs is 1. The van der Waals surface area contributed by atoms with E-state index in [1.807, 2.05) is 6.07 Å². The van der Waals surface area contributed by atoms with Crippen molar-refractivity contribution in [1.29, 1.82) is 0 Å². The maximum absolute atomic E-state index is 12.4. The van der Waals surface area contributed by atoms with Gasteiger partial charge in [-0.25, -0.2) is 0 Å². The van der Waals surface area contributed by atoms with Crippen LogP contribution in [0.1, 0.15) is 34.5 Å². The van der Waals surface area contributed by atoms with E-state index in [0.29, 0.717) is 30.3 Å². The summed E-state index contributed by atoms with van der Waals surface area (Å²) in [6.07, 6.45) is 1.68. The standard InChI is InChI=1S/C21H24N4O5/c22-19(26)14-2-1-7-25(10-14)11-15-4-5-16(21(28)24-15)20(27)23-9-13-3-6-17-18(8-13)30-12-29-17/h3-6,8,14H,1-2,7,9-12H2,(H2,22,26)(H,23,27)(H,24,28)/t14-/m0/s1. The summed E-state index contributed by atoms with van der Waals surface area (Å²) in [5.41, 5.74) is 6.55. The Labute approximate surface area is 173 Å². The number of amides is 2. The maximum Gasteiger partial charge on any atom is 0.261 e. The molecule has 2 aromatic rings. The summed E-state index contributed by atoms with van der Waals surface area (Å²) in [6.45, 7) is 2.36. The highest BCUT2D eigenvalue weighted by atomic mass is 16.7. The summed E-state index contributed by atoms with van der Waals surface area (Å²) in [6, 6.07) is 8.67. The van der Waals surface area contributed by atoms with Crippen molar-refractivity contribution in [2.75, 3.05) is 19.9 Å². The van der Waals surface area contributed by atoms with Gasteiger partial charge in [-0.3, -0.25) is 19.3 Å². The monoisotopic (exact) mass is 412 g/mol. The number of nitrogens with two attached hydrogens (primary N) is 1. The molecule has 4 rings (SSSR count). The van der Waals surface area contributed by atoms with Gasteiger partial charge < -0.3 is 25.5 Å². The van der Waals surface area contributed by atoms with Crippen LogP contribution < -0.4 is 26.1 Å². The van der Waals surface area contributed by atoms with Crippen molar-refractivity contribution in [2.24, 2.45) is 11.7 Å². The molecule has 2 amide bonds. The first-order valence-electron chi connectivity index (χ1n) is 9.90. The van der Waals surface area contributed by atoms with Gasteiger partial charge in [0.05, 0.1) is 5.92 Å². The van der Waals surface area contributed by atoms with Gasteiger partial charge in [-0.2, -0.15) is 0 Å². The van der Waals surface area contributed by atoms with Gasteiger partial charge in [-0.15, -0.1) is 0 Å². The largest absolute Gasteiger partial charge is 0.454 e. The first-order chi connectivity index (χ1) is 14.5. The predicted molar refractivity (Wildman–Crippen MR) is 108 cm³/mol. The lowest BCUT2D eigenvalue weighted by molar-refractivity contribution is -0.123. The number of nitrogens with one attached hydrogen (secondary N) is 2. The van der Waals surface area contributed by atoms with E-state index in [1.54, 1.807) is 18.2 Å². The highest BCUT2D eigenvalue weighted by Crippen LogP contribution is 2.32. The zero-order valence-electron chi connectivity index (χ0n) is 16.5. The second-order valence-corrected chi connectivity index (χ2v) is 7.57. The number of benzene rings is 1. The molecular weight excluding hydrogens is 388 g/mol. The highest BCUT2D eigenvalue weighted by molar-refractivity contribution is 5.93. The summed E-state index contributed by atoms with van der Waals surface area (Å²) in [5.74, 6) is 0.412. The number of likely N-dealkylation sites (tertiary alicyclic amines) is 1. The number of primary amides is 1. The molecule has 9 heteroatoms. The summed E-state index contributed by atoms with van der Waals surface area (Å²) < 4.78 is 10.6. The van der Waals surface area contributed by atoms with E-state index in [4.69, 9.17) is 15.2 Å². The first kappa shape index (κ1) is 20.0. The van der Waals surface area contributed by atoms with Gasteiger partial charge in [0.15, 0.2) is 11.5 Å². The van der Waals surface area contributed by atoms with Gasteiger partial charge in [-0.1, -0.05) is 6.07 Å². The lowest BCUT2D eigenvalue weighted by Gasteiger charge is -2.30. The van der Waals surface area contributed by atoms with Crippen LogP contribution in [0.15, 0.2) is 35.1 Å². The minimum absolute atomic E-state index is 0.0492. The van der Waals surface area contributed by atoms with Crippen LogP contribution in [0.4, 0.5) is 0 Å². The van der Waals surface area contributed by atoms with Crippen molar-refractivity contribution in [1.82, 2.24) is 15.2 Å². The molecule has 1 saturated heterocycles. The minimum Gasteiger partial charge on any atom is -0.454 e. The number of rotatable bonds is 6. The number of nitrogens with zero attached hydrogens (tertiary/aromatic N) is 1. The second kappa shape index (κ2) is 8.58. The molecule has 3 heterocycles. The van der Waals surface area contributed by atoms with Gasteiger partial charge in [0, 0.05) is 25.3 Å². The minimum atomic E-state index is -0.452. The average Bonchev–Trinajstić information content (AvgIpc) is 3.20. The van der Waals surface area contributed by atoms with Gasteiger partial charge in [0.1, 0.15) is 5.56 Å². The van der Waals surface area contributed by atoms with Gasteiger partial charge in [0.25, 0.3) is 11.5 Å². The van der Waals surface area contributed by atoms with Crippen LogP contribution in [0.5, 0.6) is 11.5 Å². The van der Waals surface area contributed by atoms with Crippen molar-refractivity contribution in [3.63, 3.8) is 0 Å². The molecule has 0 saturated carbocycles. The van der Waals surface area contributed by atoms with Crippen molar-refractivity contribution < 1.29 is 19.1 Å². The maximum atomic E-state index is 12.4. The number of aromatic amines is 1. The van der Waals surface area contributed by atoms with Crippen LogP contribution in [0.3, 0.4) is 0 Å². The Kier molecular flexibility index (Phi) is 5.71. The summed E-state index contributed by atoms with van der Waals surface area (Å²) in [5, 5.41) is 2.75. The smallest absolute Gasteiger partial charge is 0.261 e. The first-order valence-corrected chi connectivity index (χ1v) is 9.90. The third-order valence-corrected chi connectivity index (χ3v) is 5.41. The van der Waals surface area contributed by atoms with Crippen molar-refractivity contribution in [3.8, 4) is 11.5 Å². The molecule has 0 aliphatic carbocycles. The van der Waals surface area contributed by atoms with Crippen LogP contribution in [0.2, 0.25) is 0 Å². The van der Waals surface area contributed by atoms with Crippen molar-refractivity contribution in [2.45, 2.75) is 25.9 Å².